The Morgan fingerprint density at radius 1 is 1.18 bits per heavy atom. The summed E-state index contributed by atoms with van der Waals surface area (Å²) in [5.41, 5.74) is 0. The summed E-state index contributed by atoms with van der Waals surface area (Å²) in [7, 11) is 0. The summed E-state index contributed by atoms with van der Waals surface area (Å²) in [6.45, 7) is 11.0. The van der Waals surface area contributed by atoms with E-state index in [-0.39, 0.29) is 30.7 Å². The van der Waals surface area contributed by atoms with Crippen molar-refractivity contribution in [3.05, 3.63) is 0 Å². The Morgan fingerprint density at radius 3 is 2.36 bits per heavy atom. The first-order valence-corrected chi connectivity index (χ1v) is 7.97. The molecule has 0 unspecified atom stereocenters. The van der Waals surface area contributed by atoms with Gasteiger partial charge in [0.15, 0.2) is 0 Å². The standard InChI is InChI=1S/C15H29N3O2.2ClH/c1-13(2)20-10-9-17-5-7-18(8-6-17)15(19)12-16-11-14-3-4-14;;/h13-14,16H,3-12H2,1-2H3;2*1H. The zero-order chi connectivity index (χ0) is 14.4. The number of carbonyl (C=O) groups is 1. The molecule has 0 aromatic heterocycles. The molecule has 0 spiro atoms. The summed E-state index contributed by atoms with van der Waals surface area (Å²) in [4.78, 5) is 16.4. The van der Waals surface area contributed by atoms with Crippen molar-refractivity contribution in [2.75, 3.05) is 52.4 Å². The first-order chi connectivity index (χ1) is 9.65. The smallest absolute Gasteiger partial charge is 0.236 e. The number of nitrogens with zero attached hydrogens (tertiary/aromatic N) is 2. The molecule has 5 nitrogen and oxygen atoms in total. The van der Waals surface area contributed by atoms with Gasteiger partial charge >= 0.3 is 0 Å². The van der Waals surface area contributed by atoms with Crippen LogP contribution < -0.4 is 5.32 Å². The molecule has 1 saturated carbocycles. The monoisotopic (exact) mass is 355 g/mol. The SMILES string of the molecule is CC(C)OCCN1CCN(C(=O)CNCC2CC2)CC1.Cl.Cl. The predicted octanol–water partition coefficient (Wildman–Crippen LogP) is 1.40. The van der Waals surface area contributed by atoms with E-state index in [9.17, 15) is 4.79 Å². The third kappa shape index (κ3) is 8.53. The fourth-order valence-corrected chi connectivity index (χ4v) is 2.46. The van der Waals surface area contributed by atoms with Gasteiger partial charge in [0.25, 0.3) is 0 Å². The Labute approximate surface area is 146 Å². The zero-order valence-electron chi connectivity index (χ0n) is 13.8. The lowest BCUT2D eigenvalue weighted by Gasteiger charge is -2.34. The van der Waals surface area contributed by atoms with Gasteiger partial charge in [-0.1, -0.05) is 0 Å². The number of halogens is 2. The summed E-state index contributed by atoms with van der Waals surface area (Å²) in [6.07, 6.45) is 2.96. The van der Waals surface area contributed by atoms with Crippen LogP contribution in [0.4, 0.5) is 0 Å². The Kier molecular flexibility index (Phi) is 11.4. The minimum Gasteiger partial charge on any atom is -0.377 e. The molecule has 1 saturated heterocycles. The van der Waals surface area contributed by atoms with E-state index in [0.717, 1.165) is 51.8 Å². The Balaban J connectivity index is 0.00000220. The van der Waals surface area contributed by atoms with Crippen LogP contribution in [0.1, 0.15) is 26.7 Å². The van der Waals surface area contributed by atoms with Crippen molar-refractivity contribution in [3.63, 3.8) is 0 Å². The molecule has 1 aliphatic heterocycles. The lowest BCUT2D eigenvalue weighted by Crippen LogP contribution is -2.51. The van der Waals surface area contributed by atoms with Gasteiger partial charge in [0.1, 0.15) is 0 Å². The third-order valence-corrected chi connectivity index (χ3v) is 3.99. The van der Waals surface area contributed by atoms with Crippen LogP contribution >= 0.6 is 24.8 Å². The highest BCUT2D eigenvalue weighted by Crippen LogP contribution is 2.27. The number of piperazine rings is 1. The average molecular weight is 356 g/mol. The van der Waals surface area contributed by atoms with Crippen LogP contribution in [-0.4, -0.2) is 74.2 Å². The van der Waals surface area contributed by atoms with Gasteiger partial charge in [0.2, 0.25) is 5.91 Å². The second-order valence-electron chi connectivity index (χ2n) is 6.22. The fourth-order valence-electron chi connectivity index (χ4n) is 2.46. The quantitative estimate of drug-likeness (QED) is 0.714. The van der Waals surface area contributed by atoms with Crippen LogP contribution in [-0.2, 0) is 9.53 Å². The summed E-state index contributed by atoms with van der Waals surface area (Å²) in [5.74, 6) is 1.09. The van der Waals surface area contributed by atoms with Crippen molar-refractivity contribution >= 4 is 30.7 Å². The van der Waals surface area contributed by atoms with E-state index in [4.69, 9.17) is 4.74 Å². The van der Waals surface area contributed by atoms with E-state index in [0.29, 0.717) is 12.6 Å². The molecule has 2 fully saturated rings. The summed E-state index contributed by atoms with van der Waals surface area (Å²) < 4.78 is 5.57. The molecule has 22 heavy (non-hydrogen) atoms. The Bertz CT molecular complexity index is 307. The number of hydrogen-bond acceptors (Lipinski definition) is 4. The molecule has 1 amide bonds. The maximum absolute atomic E-state index is 12.0. The van der Waals surface area contributed by atoms with Gasteiger partial charge in [-0.2, -0.15) is 0 Å². The van der Waals surface area contributed by atoms with Crippen LogP contribution in [0.3, 0.4) is 0 Å². The molecule has 0 atom stereocenters. The van der Waals surface area contributed by atoms with Gasteiger partial charge < -0.3 is 15.0 Å². The molecule has 1 aliphatic carbocycles. The van der Waals surface area contributed by atoms with Crippen LogP contribution in [0.15, 0.2) is 0 Å². The van der Waals surface area contributed by atoms with Gasteiger partial charge in [-0.05, 0) is 39.2 Å². The maximum Gasteiger partial charge on any atom is 0.236 e. The molecule has 2 aliphatic rings. The molecule has 7 heteroatoms. The van der Waals surface area contributed by atoms with E-state index < -0.39 is 0 Å². The molecule has 2 rings (SSSR count). The second kappa shape index (κ2) is 11.5. The van der Waals surface area contributed by atoms with Gasteiger partial charge in [-0.3, -0.25) is 9.69 Å². The average Bonchev–Trinajstić information content (AvgIpc) is 3.23. The number of hydrogen-bond donors (Lipinski definition) is 1. The molecule has 0 radical (unpaired) electrons. The van der Waals surface area contributed by atoms with E-state index >= 15 is 0 Å². The van der Waals surface area contributed by atoms with Crippen molar-refractivity contribution in [2.45, 2.75) is 32.8 Å². The Morgan fingerprint density at radius 2 is 1.82 bits per heavy atom. The van der Waals surface area contributed by atoms with E-state index in [1.165, 1.54) is 12.8 Å². The largest absolute Gasteiger partial charge is 0.377 e. The maximum atomic E-state index is 12.0. The fraction of sp³-hybridized carbons (Fsp3) is 0.933. The zero-order valence-corrected chi connectivity index (χ0v) is 15.4. The van der Waals surface area contributed by atoms with Crippen LogP contribution in [0.5, 0.6) is 0 Å². The van der Waals surface area contributed by atoms with Crippen LogP contribution in [0, 0.1) is 5.92 Å². The minimum absolute atomic E-state index is 0. The first kappa shape index (κ1) is 21.9. The predicted molar refractivity (Wildman–Crippen MR) is 94.2 cm³/mol. The number of carbonyl (C=O) groups excluding carboxylic acids is 1. The summed E-state index contributed by atoms with van der Waals surface area (Å²) >= 11 is 0. The van der Waals surface area contributed by atoms with E-state index in [2.05, 4.69) is 24.1 Å². The number of rotatable bonds is 8. The molecule has 1 N–H and O–H groups in total. The van der Waals surface area contributed by atoms with Gasteiger partial charge in [0, 0.05) is 32.7 Å². The van der Waals surface area contributed by atoms with Gasteiger partial charge in [-0.25, -0.2) is 0 Å². The normalized spacial score (nSPS) is 18.8. The molecular formula is C15H31Cl2N3O2. The lowest BCUT2D eigenvalue weighted by atomic mass is 10.3. The van der Waals surface area contributed by atoms with Crippen molar-refractivity contribution in [2.24, 2.45) is 5.92 Å². The van der Waals surface area contributed by atoms with Crippen molar-refractivity contribution in [1.29, 1.82) is 0 Å². The molecule has 132 valence electrons. The van der Waals surface area contributed by atoms with E-state index in [1.807, 2.05) is 4.90 Å². The van der Waals surface area contributed by atoms with Crippen LogP contribution in [0.25, 0.3) is 0 Å². The van der Waals surface area contributed by atoms with Gasteiger partial charge in [-0.15, -0.1) is 24.8 Å². The highest BCUT2D eigenvalue weighted by atomic mass is 35.5. The first-order valence-electron chi connectivity index (χ1n) is 7.97. The highest BCUT2D eigenvalue weighted by molar-refractivity contribution is 5.85. The lowest BCUT2D eigenvalue weighted by molar-refractivity contribution is -0.132. The van der Waals surface area contributed by atoms with Crippen molar-refractivity contribution in [3.8, 4) is 0 Å². The molecule has 0 aromatic rings. The summed E-state index contributed by atoms with van der Waals surface area (Å²) in [6, 6.07) is 0. The number of amides is 1. The van der Waals surface area contributed by atoms with E-state index in [1.54, 1.807) is 0 Å². The van der Waals surface area contributed by atoms with Crippen molar-refractivity contribution < 1.29 is 9.53 Å². The molecule has 0 aromatic carbocycles. The minimum atomic E-state index is 0. The topological polar surface area (TPSA) is 44.8 Å². The number of nitrogens with one attached hydrogen (secondary N) is 1. The van der Waals surface area contributed by atoms with Crippen molar-refractivity contribution in [1.82, 2.24) is 15.1 Å². The number of ether oxygens (including phenoxy) is 1. The molecule has 1 heterocycles. The molecular weight excluding hydrogens is 325 g/mol. The van der Waals surface area contributed by atoms with Gasteiger partial charge in [0.05, 0.1) is 19.3 Å². The Hall–Kier alpha value is -0.0700. The highest BCUT2D eigenvalue weighted by Gasteiger charge is 2.23. The summed E-state index contributed by atoms with van der Waals surface area (Å²) in [5, 5.41) is 3.28. The molecule has 0 bridgehead atoms. The second-order valence-corrected chi connectivity index (χ2v) is 6.22. The third-order valence-electron chi connectivity index (χ3n) is 3.99. The van der Waals surface area contributed by atoms with Crippen LogP contribution in [0.2, 0.25) is 0 Å².